The maximum atomic E-state index is 14.1. The number of aryl methyl sites for hydroxylation is 2. The van der Waals surface area contributed by atoms with Gasteiger partial charge in [0.2, 0.25) is 0 Å². The summed E-state index contributed by atoms with van der Waals surface area (Å²) in [7, 11) is 0. The smallest absolute Gasteiger partial charge is 0.414 e. The molecule has 0 unspecified atom stereocenters. The molecule has 1 N–H and O–H groups in total. The molecule has 3 heterocycles. The average Bonchev–Trinajstić information content (AvgIpc) is 3.37. The summed E-state index contributed by atoms with van der Waals surface area (Å²) in [5, 5.41) is 3.34. The molecule has 1 saturated heterocycles. The highest BCUT2D eigenvalue weighted by Crippen LogP contribution is 2.31. The Hall–Kier alpha value is -3.20. The fourth-order valence-electron chi connectivity index (χ4n) is 2.86. The minimum Gasteiger partial charge on any atom is -0.459 e. The van der Waals surface area contributed by atoms with Crippen LogP contribution < -0.4 is 10.2 Å². The topological polar surface area (TPSA) is 84.7 Å². The molecule has 7 nitrogen and oxygen atoms in total. The van der Waals surface area contributed by atoms with Crippen molar-refractivity contribution in [1.82, 2.24) is 4.98 Å². The highest BCUT2D eigenvalue weighted by Gasteiger charge is 2.26. The molecule has 0 spiro atoms. The molecular weight excluding hydrogens is 385 g/mol. The predicted molar refractivity (Wildman–Crippen MR) is 102 cm³/mol. The van der Waals surface area contributed by atoms with E-state index in [4.69, 9.17) is 9.15 Å². The van der Waals surface area contributed by atoms with Gasteiger partial charge in [0.25, 0.3) is 5.91 Å². The lowest BCUT2D eigenvalue weighted by atomic mass is 10.2. The van der Waals surface area contributed by atoms with Gasteiger partial charge in [0.15, 0.2) is 10.8 Å². The van der Waals surface area contributed by atoms with Gasteiger partial charge in [-0.15, -0.1) is 11.3 Å². The zero-order valence-corrected chi connectivity index (χ0v) is 15.9. The van der Waals surface area contributed by atoms with Crippen LogP contribution in [0.25, 0.3) is 10.8 Å². The van der Waals surface area contributed by atoms with E-state index in [2.05, 4.69) is 10.3 Å². The molecule has 1 fully saturated rings. The van der Waals surface area contributed by atoms with Crippen molar-refractivity contribution in [1.29, 1.82) is 0 Å². The molecule has 1 aromatic carbocycles. The van der Waals surface area contributed by atoms with E-state index < -0.39 is 11.9 Å². The number of anilines is 2. The fraction of sp³-hybridized carbons (Fsp3) is 0.211. The van der Waals surface area contributed by atoms with Crippen molar-refractivity contribution >= 4 is 34.7 Å². The summed E-state index contributed by atoms with van der Waals surface area (Å²) in [6, 6.07) is 7.68. The van der Waals surface area contributed by atoms with E-state index in [0.29, 0.717) is 27.0 Å². The monoisotopic (exact) mass is 401 g/mol. The van der Waals surface area contributed by atoms with Crippen LogP contribution in [0.3, 0.4) is 0 Å². The quantitative estimate of drug-likeness (QED) is 0.702. The Morgan fingerprint density at radius 2 is 2.11 bits per heavy atom. The molecule has 0 saturated carbocycles. The van der Waals surface area contributed by atoms with Crippen LogP contribution >= 0.6 is 11.3 Å². The van der Waals surface area contributed by atoms with E-state index >= 15 is 0 Å². The molecular formula is C19H16FN3O4S. The van der Waals surface area contributed by atoms with Gasteiger partial charge in [0.05, 0.1) is 17.9 Å². The Labute approximate surface area is 163 Å². The average molecular weight is 401 g/mol. The second-order valence-electron chi connectivity index (χ2n) is 6.23. The number of halogens is 1. The van der Waals surface area contributed by atoms with Crippen molar-refractivity contribution in [2.45, 2.75) is 13.8 Å². The number of benzene rings is 1. The summed E-state index contributed by atoms with van der Waals surface area (Å²) < 4.78 is 24.5. The van der Waals surface area contributed by atoms with E-state index in [9.17, 15) is 14.0 Å². The highest BCUT2D eigenvalue weighted by atomic mass is 32.1. The third-order valence-corrected chi connectivity index (χ3v) is 5.38. The first-order valence-electron chi connectivity index (χ1n) is 8.52. The first kappa shape index (κ1) is 18.2. The van der Waals surface area contributed by atoms with Gasteiger partial charge in [0, 0.05) is 5.69 Å². The van der Waals surface area contributed by atoms with Crippen LogP contribution in [0.5, 0.6) is 0 Å². The number of rotatable bonds is 4. The number of hydrogen-bond acceptors (Lipinski definition) is 6. The van der Waals surface area contributed by atoms with Crippen LogP contribution in [-0.2, 0) is 4.74 Å². The van der Waals surface area contributed by atoms with Crippen LogP contribution in [0, 0.1) is 19.7 Å². The number of furan rings is 1. The molecule has 9 heteroatoms. The summed E-state index contributed by atoms with van der Waals surface area (Å²) >= 11 is 1.21. The fourth-order valence-corrected chi connectivity index (χ4v) is 3.78. The van der Waals surface area contributed by atoms with Crippen molar-refractivity contribution in [3.63, 3.8) is 0 Å². The molecule has 0 atom stereocenters. The normalized spacial score (nSPS) is 13.7. The number of amides is 2. The number of aromatic nitrogens is 1. The van der Waals surface area contributed by atoms with Gasteiger partial charge in [-0.25, -0.2) is 14.2 Å². The second kappa shape index (κ2) is 7.08. The standard InChI is InChI=1S/C19H16FN3O4S/c1-10-3-6-15(27-10)18-21-11(2)16(28-18)17(24)22-12-4-5-13(20)14(9-12)23-7-8-26-19(23)25/h3-6,9H,7-8H2,1-2H3,(H,22,24). The number of nitrogens with zero attached hydrogens (tertiary/aromatic N) is 2. The molecule has 1 aliphatic heterocycles. The predicted octanol–water partition coefficient (Wildman–Crippen LogP) is 4.37. The lowest BCUT2D eigenvalue weighted by molar-refractivity contribution is 0.102. The highest BCUT2D eigenvalue weighted by molar-refractivity contribution is 7.17. The van der Waals surface area contributed by atoms with Gasteiger partial charge in [0.1, 0.15) is 23.1 Å². The number of cyclic esters (lactones) is 1. The van der Waals surface area contributed by atoms with Gasteiger partial charge in [-0.3, -0.25) is 9.69 Å². The van der Waals surface area contributed by atoms with Gasteiger partial charge < -0.3 is 14.5 Å². The van der Waals surface area contributed by atoms with Gasteiger partial charge in [-0.05, 0) is 44.2 Å². The van der Waals surface area contributed by atoms with Gasteiger partial charge in [-0.1, -0.05) is 0 Å². The van der Waals surface area contributed by atoms with Crippen LogP contribution in [0.4, 0.5) is 20.6 Å². The first-order valence-corrected chi connectivity index (χ1v) is 9.33. The molecule has 0 bridgehead atoms. The Morgan fingerprint density at radius 3 is 2.79 bits per heavy atom. The summed E-state index contributed by atoms with van der Waals surface area (Å²) in [6.45, 7) is 4.03. The molecule has 28 heavy (non-hydrogen) atoms. The molecule has 2 aromatic heterocycles. The number of ether oxygens (including phenoxy) is 1. The van der Waals surface area contributed by atoms with Gasteiger partial charge >= 0.3 is 6.09 Å². The molecule has 0 aliphatic carbocycles. The zero-order valence-electron chi connectivity index (χ0n) is 15.1. The van der Waals surface area contributed by atoms with Crippen molar-refractivity contribution < 1.29 is 23.1 Å². The van der Waals surface area contributed by atoms with Crippen LogP contribution in [0.1, 0.15) is 21.1 Å². The second-order valence-corrected chi connectivity index (χ2v) is 7.23. The molecule has 0 radical (unpaired) electrons. The van der Waals surface area contributed by atoms with Crippen LogP contribution in [0.15, 0.2) is 34.7 Å². The number of carbonyl (C=O) groups is 2. The Morgan fingerprint density at radius 1 is 1.29 bits per heavy atom. The summed E-state index contributed by atoms with van der Waals surface area (Å²) in [4.78, 5) is 30.4. The first-order chi connectivity index (χ1) is 13.4. The van der Waals surface area contributed by atoms with Crippen LogP contribution in [-0.4, -0.2) is 30.1 Å². The number of nitrogens with one attached hydrogen (secondary N) is 1. The molecule has 144 valence electrons. The zero-order chi connectivity index (χ0) is 19.8. The maximum Gasteiger partial charge on any atom is 0.414 e. The van der Waals surface area contributed by atoms with E-state index in [1.165, 1.54) is 34.4 Å². The van der Waals surface area contributed by atoms with Crippen LogP contribution in [0.2, 0.25) is 0 Å². The largest absolute Gasteiger partial charge is 0.459 e. The third kappa shape index (κ3) is 3.36. The third-order valence-electron chi connectivity index (χ3n) is 4.21. The van der Waals surface area contributed by atoms with E-state index in [-0.39, 0.29) is 24.7 Å². The minimum absolute atomic E-state index is 0.0630. The maximum absolute atomic E-state index is 14.1. The van der Waals surface area contributed by atoms with Crippen molar-refractivity contribution in [2.75, 3.05) is 23.4 Å². The Kier molecular flexibility index (Phi) is 4.60. The molecule has 1 aliphatic rings. The number of hydrogen-bond donors (Lipinski definition) is 1. The van der Waals surface area contributed by atoms with Crippen molar-refractivity contribution in [3.8, 4) is 10.8 Å². The SMILES string of the molecule is Cc1ccc(-c2nc(C)c(C(=O)Nc3ccc(F)c(N4CCOC4=O)c3)s2)o1. The Balaban J connectivity index is 1.57. The van der Waals surface area contributed by atoms with Gasteiger partial charge in [-0.2, -0.15) is 0 Å². The number of thiazole rings is 1. The minimum atomic E-state index is -0.612. The summed E-state index contributed by atoms with van der Waals surface area (Å²) in [6.07, 6.45) is -0.612. The van der Waals surface area contributed by atoms with E-state index in [1.54, 1.807) is 13.0 Å². The lowest BCUT2D eigenvalue weighted by Crippen LogP contribution is -2.24. The number of carbonyl (C=O) groups excluding carboxylic acids is 2. The van der Waals surface area contributed by atoms with E-state index in [1.807, 2.05) is 13.0 Å². The Bertz CT molecular complexity index is 1080. The lowest BCUT2D eigenvalue weighted by Gasteiger charge is -2.15. The van der Waals surface area contributed by atoms with Crippen molar-refractivity contribution in [2.24, 2.45) is 0 Å². The molecule has 4 rings (SSSR count). The molecule has 2 amide bonds. The van der Waals surface area contributed by atoms with E-state index in [0.717, 1.165) is 5.76 Å². The van der Waals surface area contributed by atoms with Crippen molar-refractivity contribution in [3.05, 3.63) is 52.5 Å². The summed E-state index contributed by atoms with van der Waals surface area (Å²) in [5.74, 6) is 0.418. The molecule has 3 aromatic rings. The summed E-state index contributed by atoms with van der Waals surface area (Å²) in [5.41, 5.74) is 0.995.